The monoisotopic (exact) mass is 244 g/mol. The van der Waals surface area contributed by atoms with E-state index >= 15 is 0 Å². The number of carbonyl (C=O) groups is 1. The van der Waals surface area contributed by atoms with E-state index in [-0.39, 0.29) is 29.7 Å². The Morgan fingerprint density at radius 3 is 2.62 bits per heavy atom. The number of rotatable bonds is 2. The first-order chi connectivity index (χ1) is 7.48. The highest BCUT2D eigenvalue weighted by Crippen LogP contribution is 2.24. The van der Waals surface area contributed by atoms with E-state index in [1.54, 1.807) is 0 Å². The summed E-state index contributed by atoms with van der Waals surface area (Å²) in [6.07, 6.45) is 4.17. The second kappa shape index (κ2) is 4.18. The second-order valence-electron chi connectivity index (χ2n) is 4.47. The summed E-state index contributed by atoms with van der Waals surface area (Å²) < 4.78 is 22.3. The Morgan fingerprint density at radius 2 is 2.12 bits per heavy atom. The van der Waals surface area contributed by atoms with Gasteiger partial charge in [0, 0.05) is 11.4 Å². The summed E-state index contributed by atoms with van der Waals surface area (Å²) in [4.78, 5) is 11.8. The van der Waals surface area contributed by atoms with Crippen molar-refractivity contribution in [1.82, 2.24) is 5.32 Å². The maximum atomic E-state index is 11.8. The van der Waals surface area contributed by atoms with Crippen LogP contribution >= 0.6 is 0 Å². The Hall–Kier alpha value is -0.880. The lowest BCUT2D eigenvalue weighted by Gasteiger charge is -2.17. The number of hydrogen-bond donors (Lipinski definition) is 2. The zero-order valence-electron chi connectivity index (χ0n) is 8.93. The lowest BCUT2D eigenvalue weighted by Crippen LogP contribution is -2.43. The van der Waals surface area contributed by atoms with Gasteiger partial charge in [-0.25, -0.2) is 8.42 Å². The van der Waals surface area contributed by atoms with E-state index in [0.717, 1.165) is 24.7 Å². The molecule has 0 aromatic heterocycles. The zero-order valence-corrected chi connectivity index (χ0v) is 9.74. The molecular weight excluding hydrogens is 228 g/mol. The molecule has 0 radical (unpaired) electrons. The molecule has 1 amide bonds. The molecular formula is C10H16N2O3S. The third-order valence-electron chi connectivity index (χ3n) is 3.16. The van der Waals surface area contributed by atoms with Crippen LogP contribution in [0.4, 0.5) is 0 Å². The Morgan fingerprint density at radius 1 is 1.38 bits per heavy atom. The number of sulfone groups is 1. The quantitative estimate of drug-likeness (QED) is 0.688. The van der Waals surface area contributed by atoms with Crippen molar-refractivity contribution in [3.8, 4) is 0 Å². The van der Waals surface area contributed by atoms with Crippen LogP contribution in [0.2, 0.25) is 0 Å². The standard InChI is InChI=1S/C10H16N2O3S/c11-9-3-1-2-8(9)10(13)12-7-4-5-16(14,15)6-7/h4-5,7-9H,1-3,6,11H2,(H,12,13). The molecule has 1 aliphatic heterocycles. The Balaban J connectivity index is 1.91. The van der Waals surface area contributed by atoms with Crippen LogP contribution in [0.25, 0.3) is 0 Å². The van der Waals surface area contributed by atoms with Gasteiger partial charge in [-0.2, -0.15) is 0 Å². The number of amides is 1. The van der Waals surface area contributed by atoms with E-state index in [9.17, 15) is 13.2 Å². The molecule has 0 aromatic rings. The normalized spacial score (nSPS) is 36.4. The molecule has 90 valence electrons. The Labute approximate surface area is 95.0 Å². The van der Waals surface area contributed by atoms with Gasteiger partial charge in [-0.1, -0.05) is 6.42 Å². The maximum absolute atomic E-state index is 11.8. The van der Waals surface area contributed by atoms with Crippen molar-refractivity contribution in [1.29, 1.82) is 0 Å². The maximum Gasteiger partial charge on any atom is 0.225 e. The van der Waals surface area contributed by atoms with Gasteiger partial charge in [-0.3, -0.25) is 4.79 Å². The smallest absolute Gasteiger partial charge is 0.225 e. The van der Waals surface area contributed by atoms with Gasteiger partial charge in [0.15, 0.2) is 9.84 Å². The molecule has 5 nitrogen and oxygen atoms in total. The molecule has 0 saturated heterocycles. The third-order valence-corrected chi connectivity index (χ3v) is 4.56. The van der Waals surface area contributed by atoms with Gasteiger partial charge in [0.2, 0.25) is 5.91 Å². The topological polar surface area (TPSA) is 89.3 Å². The lowest BCUT2D eigenvalue weighted by atomic mass is 10.0. The number of nitrogens with two attached hydrogens (primary N) is 1. The molecule has 6 heteroatoms. The first-order valence-corrected chi connectivity index (χ1v) is 7.16. The molecule has 0 aromatic carbocycles. The van der Waals surface area contributed by atoms with E-state index in [0.29, 0.717) is 0 Å². The van der Waals surface area contributed by atoms with Crippen molar-refractivity contribution in [2.45, 2.75) is 31.3 Å². The highest BCUT2D eigenvalue weighted by atomic mass is 32.2. The van der Waals surface area contributed by atoms with E-state index in [1.165, 1.54) is 6.08 Å². The molecule has 1 heterocycles. The highest BCUT2D eigenvalue weighted by Gasteiger charge is 2.32. The van der Waals surface area contributed by atoms with Gasteiger partial charge in [0.1, 0.15) is 0 Å². The van der Waals surface area contributed by atoms with Crippen molar-refractivity contribution < 1.29 is 13.2 Å². The summed E-state index contributed by atoms with van der Waals surface area (Å²) in [6, 6.07) is -0.465. The van der Waals surface area contributed by atoms with Gasteiger partial charge in [-0.05, 0) is 18.9 Å². The molecule has 1 fully saturated rings. The van der Waals surface area contributed by atoms with Crippen LogP contribution < -0.4 is 11.1 Å². The molecule has 1 saturated carbocycles. The largest absolute Gasteiger partial charge is 0.349 e. The van der Waals surface area contributed by atoms with Crippen LogP contribution in [0.1, 0.15) is 19.3 Å². The average Bonchev–Trinajstić information content (AvgIpc) is 2.72. The van der Waals surface area contributed by atoms with Crippen molar-refractivity contribution >= 4 is 15.7 Å². The lowest BCUT2D eigenvalue weighted by molar-refractivity contribution is -0.125. The Kier molecular flexibility index (Phi) is 3.03. The van der Waals surface area contributed by atoms with Crippen LogP contribution in [0.5, 0.6) is 0 Å². The Bertz CT molecular complexity index is 416. The second-order valence-corrected chi connectivity index (χ2v) is 6.41. The summed E-state index contributed by atoms with van der Waals surface area (Å²) >= 11 is 0. The van der Waals surface area contributed by atoms with Gasteiger partial charge >= 0.3 is 0 Å². The van der Waals surface area contributed by atoms with Crippen LogP contribution in [0, 0.1) is 5.92 Å². The molecule has 1 aliphatic carbocycles. The molecule has 2 rings (SSSR count). The molecule has 16 heavy (non-hydrogen) atoms. The van der Waals surface area contributed by atoms with E-state index in [2.05, 4.69) is 5.32 Å². The fourth-order valence-corrected chi connectivity index (χ4v) is 3.50. The van der Waals surface area contributed by atoms with Crippen LogP contribution in [-0.4, -0.2) is 32.2 Å². The van der Waals surface area contributed by atoms with Crippen LogP contribution in [0.15, 0.2) is 11.5 Å². The fraction of sp³-hybridized carbons (Fsp3) is 0.700. The molecule has 0 bridgehead atoms. The number of nitrogens with one attached hydrogen (secondary N) is 1. The van der Waals surface area contributed by atoms with Gasteiger partial charge in [-0.15, -0.1) is 0 Å². The third kappa shape index (κ3) is 2.44. The predicted octanol–water partition coefficient (Wildman–Crippen LogP) is -0.459. The zero-order chi connectivity index (χ0) is 11.8. The first kappa shape index (κ1) is 11.6. The van der Waals surface area contributed by atoms with Gasteiger partial charge in [0.05, 0.1) is 17.7 Å². The molecule has 3 N–H and O–H groups in total. The summed E-state index contributed by atoms with van der Waals surface area (Å²) in [7, 11) is -3.10. The van der Waals surface area contributed by atoms with Crippen molar-refractivity contribution in [2.24, 2.45) is 11.7 Å². The van der Waals surface area contributed by atoms with Crippen molar-refractivity contribution in [3.05, 3.63) is 11.5 Å². The summed E-state index contributed by atoms with van der Waals surface area (Å²) in [5.74, 6) is -0.297. The molecule has 2 aliphatic rings. The fourth-order valence-electron chi connectivity index (χ4n) is 2.27. The minimum Gasteiger partial charge on any atom is -0.349 e. The van der Waals surface area contributed by atoms with Crippen molar-refractivity contribution in [2.75, 3.05) is 5.75 Å². The van der Waals surface area contributed by atoms with Crippen molar-refractivity contribution in [3.63, 3.8) is 0 Å². The molecule has 3 unspecified atom stereocenters. The first-order valence-electron chi connectivity index (χ1n) is 5.45. The van der Waals surface area contributed by atoms with E-state index in [4.69, 9.17) is 5.73 Å². The predicted molar refractivity (Wildman–Crippen MR) is 60.2 cm³/mol. The average molecular weight is 244 g/mol. The molecule has 0 spiro atoms. The van der Waals surface area contributed by atoms with Gasteiger partial charge < -0.3 is 11.1 Å². The van der Waals surface area contributed by atoms with E-state index in [1.807, 2.05) is 0 Å². The highest BCUT2D eigenvalue weighted by molar-refractivity contribution is 7.94. The summed E-state index contributed by atoms with van der Waals surface area (Å²) in [6.45, 7) is 0. The number of carbonyl (C=O) groups excluding carboxylic acids is 1. The van der Waals surface area contributed by atoms with E-state index < -0.39 is 9.84 Å². The molecule has 3 atom stereocenters. The van der Waals surface area contributed by atoms with Crippen LogP contribution in [-0.2, 0) is 14.6 Å². The summed E-state index contributed by atoms with van der Waals surface area (Å²) in [5, 5.41) is 3.88. The minimum absolute atomic E-state index is 0.0271. The minimum atomic E-state index is -3.10. The number of hydrogen-bond acceptors (Lipinski definition) is 4. The van der Waals surface area contributed by atoms with Crippen LogP contribution in [0.3, 0.4) is 0 Å². The summed E-state index contributed by atoms with van der Waals surface area (Å²) in [5.41, 5.74) is 5.81. The SMILES string of the molecule is NC1CCCC1C(=O)NC1C=CS(=O)(=O)C1. The van der Waals surface area contributed by atoms with Gasteiger partial charge in [0.25, 0.3) is 0 Å².